The van der Waals surface area contributed by atoms with Crippen LogP contribution in [0.1, 0.15) is 18.1 Å². The van der Waals surface area contributed by atoms with Crippen molar-refractivity contribution in [2.45, 2.75) is 13.5 Å². The van der Waals surface area contributed by atoms with Gasteiger partial charge in [-0.05, 0) is 19.1 Å². The molecule has 0 unspecified atom stereocenters. The number of benzene rings is 1. The molecule has 0 fully saturated rings. The molecule has 5 heteroatoms. The second-order valence-electron chi connectivity index (χ2n) is 4.22. The van der Waals surface area contributed by atoms with Crippen LogP contribution in [0.25, 0.3) is 0 Å². The first-order chi connectivity index (χ1) is 9.04. The predicted octanol–water partition coefficient (Wildman–Crippen LogP) is 2.52. The van der Waals surface area contributed by atoms with Crippen molar-refractivity contribution in [1.82, 2.24) is 5.32 Å². The number of hydrogen-bond acceptors (Lipinski definition) is 3. The molecule has 0 aliphatic rings. The van der Waals surface area contributed by atoms with Gasteiger partial charge in [0.25, 0.3) is 0 Å². The molecule has 1 aromatic rings. The predicted molar refractivity (Wildman–Crippen MR) is 68.4 cm³/mol. The van der Waals surface area contributed by atoms with Gasteiger partial charge in [-0.3, -0.25) is 0 Å². The standard InChI is InChI=1S/C14H16F2N2O/c1-10(2)9-19-4-3-18-8-12-13(15)5-11(7-17)6-14(12)16/h5-6,18H,1,3-4,8-9H2,2H3. The first-order valence-electron chi connectivity index (χ1n) is 5.85. The number of nitriles is 1. The largest absolute Gasteiger partial charge is 0.376 e. The maximum Gasteiger partial charge on any atom is 0.131 e. The highest BCUT2D eigenvalue weighted by Crippen LogP contribution is 2.14. The number of hydrogen-bond donors (Lipinski definition) is 1. The van der Waals surface area contributed by atoms with Crippen molar-refractivity contribution < 1.29 is 13.5 Å². The van der Waals surface area contributed by atoms with Gasteiger partial charge in [0, 0.05) is 18.7 Å². The van der Waals surface area contributed by atoms with Crippen LogP contribution >= 0.6 is 0 Å². The number of ether oxygens (including phenoxy) is 1. The smallest absolute Gasteiger partial charge is 0.131 e. The van der Waals surface area contributed by atoms with Crippen LogP contribution in [0, 0.1) is 23.0 Å². The van der Waals surface area contributed by atoms with Gasteiger partial charge in [0.2, 0.25) is 0 Å². The zero-order chi connectivity index (χ0) is 14.3. The molecule has 0 aliphatic heterocycles. The molecule has 0 aromatic heterocycles. The lowest BCUT2D eigenvalue weighted by molar-refractivity contribution is 0.157. The average Bonchev–Trinajstić information content (AvgIpc) is 2.35. The molecule has 19 heavy (non-hydrogen) atoms. The highest BCUT2D eigenvalue weighted by atomic mass is 19.1. The third-order valence-electron chi connectivity index (χ3n) is 2.34. The molecule has 1 N–H and O–H groups in total. The van der Waals surface area contributed by atoms with Crippen molar-refractivity contribution in [3.8, 4) is 6.07 Å². The normalized spacial score (nSPS) is 10.2. The molecule has 102 valence electrons. The summed E-state index contributed by atoms with van der Waals surface area (Å²) in [5.41, 5.74) is 0.826. The fourth-order valence-electron chi connectivity index (χ4n) is 1.44. The molecule has 1 aromatic carbocycles. The topological polar surface area (TPSA) is 45.0 Å². The van der Waals surface area contributed by atoms with E-state index in [4.69, 9.17) is 10.00 Å². The third-order valence-corrected chi connectivity index (χ3v) is 2.34. The van der Waals surface area contributed by atoms with Crippen LogP contribution in [-0.4, -0.2) is 19.8 Å². The Hall–Kier alpha value is -1.77. The van der Waals surface area contributed by atoms with Crippen molar-refractivity contribution in [2.75, 3.05) is 19.8 Å². The third kappa shape index (κ3) is 5.16. The minimum atomic E-state index is -0.716. The van der Waals surface area contributed by atoms with Crippen LogP contribution < -0.4 is 5.32 Å². The Labute approximate surface area is 111 Å². The van der Waals surface area contributed by atoms with E-state index >= 15 is 0 Å². The van der Waals surface area contributed by atoms with Gasteiger partial charge in [0.1, 0.15) is 11.6 Å². The van der Waals surface area contributed by atoms with E-state index in [1.807, 2.05) is 6.92 Å². The maximum atomic E-state index is 13.5. The molecule has 0 heterocycles. The molecule has 0 saturated heterocycles. The first-order valence-corrected chi connectivity index (χ1v) is 5.85. The van der Waals surface area contributed by atoms with Crippen LogP contribution in [0.4, 0.5) is 8.78 Å². The van der Waals surface area contributed by atoms with E-state index in [1.165, 1.54) is 0 Å². The molecular formula is C14H16F2N2O. The van der Waals surface area contributed by atoms with Gasteiger partial charge in [-0.15, -0.1) is 0 Å². The lowest BCUT2D eigenvalue weighted by Gasteiger charge is -2.08. The minimum Gasteiger partial charge on any atom is -0.376 e. The second kappa shape index (κ2) is 7.62. The lowest BCUT2D eigenvalue weighted by atomic mass is 10.1. The van der Waals surface area contributed by atoms with Gasteiger partial charge >= 0.3 is 0 Å². The molecule has 0 saturated carbocycles. The van der Waals surface area contributed by atoms with Gasteiger partial charge in [-0.2, -0.15) is 5.26 Å². The summed E-state index contributed by atoms with van der Waals surface area (Å²) in [6.07, 6.45) is 0. The lowest BCUT2D eigenvalue weighted by Crippen LogP contribution is -2.21. The summed E-state index contributed by atoms with van der Waals surface area (Å²) in [4.78, 5) is 0. The fourth-order valence-corrected chi connectivity index (χ4v) is 1.44. The Balaban J connectivity index is 2.42. The van der Waals surface area contributed by atoms with E-state index in [0.717, 1.165) is 17.7 Å². The molecular weight excluding hydrogens is 250 g/mol. The number of rotatable bonds is 7. The molecule has 1 rings (SSSR count). The Bertz CT molecular complexity index is 472. The summed E-state index contributed by atoms with van der Waals surface area (Å²) in [7, 11) is 0. The van der Waals surface area contributed by atoms with Gasteiger partial charge < -0.3 is 10.1 Å². The summed E-state index contributed by atoms with van der Waals surface area (Å²) in [5.74, 6) is -1.43. The summed E-state index contributed by atoms with van der Waals surface area (Å²) < 4.78 is 32.2. The maximum absolute atomic E-state index is 13.5. The SMILES string of the molecule is C=C(C)COCCNCc1c(F)cc(C#N)cc1F. The van der Waals surface area contributed by atoms with E-state index in [2.05, 4.69) is 11.9 Å². The van der Waals surface area contributed by atoms with Crippen LogP contribution in [0.3, 0.4) is 0 Å². The van der Waals surface area contributed by atoms with E-state index in [1.54, 1.807) is 6.07 Å². The number of halogens is 2. The number of nitrogens with one attached hydrogen (secondary N) is 1. The van der Waals surface area contributed by atoms with Crippen LogP contribution in [0.15, 0.2) is 24.3 Å². The van der Waals surface area contributed by atoms with E-state index in [9.17, 15) is 8.78 Å². The van der Waals surface area contributed by atoms with Crippen molar-refractivity contribution in [2.24, 2.45) is 0 Å². The molecule has 0 spiro atoms. The Kier molecular flexibility index (Phi) is 6.13. The summed E-state index contributed by atoms with van der Waals surface area (Å²) in [5, 5.41) is 11.4. The van der Waals surface area contributed by atoms with Crippen LogP contribution in [0.5, 0.6) is 0 Å². The zero-order valence-electron chi connectivity index (χ0n) is 10.8. The van der Waals surface area contributed by atoms with E-state index < -0.39 is 11.6 Å². The second-order valence-corrected chi connectivity index (χ2v) is 4.22. The quantitative estimate of drug-likeness (QED) is 0.609. The summed E-state index contributed by atoms with van der Waals surface area (Å²) in [6.45, 7) is 6.99. The molecule has 3 nitrogen and oxygen atoms in total. The van der Waals surface area contributed by atoms with Crippen LogP contribution in [-0.2, 0) is 11.3 Å². The first kappa shape index (κ1) is 15.3. The zero-order valence-corrected chi connectivity index (χ0v) is 10.8. The van der Waals surface area contributed by atoms with Crippen molar-refractivity contribution >= 4 is 0 Å². The molecule has 0 atom stereocenters. The highest BCUT2D eigenvalue weighted by molar-refractivity contribution is 5.34. The average molecular weight is 266 g/mol. The van der Waals surface area contributed by atoms with E-state index in [-0.39, 0.29) is 17.7 Å². The Morgan fingerprint density at radius 3 is 2.58 bits per heavy atom. The van der Waals surface area contributed by atoms with Gasteiger partial charge in [-0.25, -0.2) is 8.78 Å². The molecule has 0 bridgehead atoms. The van der Waals surface area contributed by atoms with Crippen LogP contribution in [0.2, 0.25) is 0 Å². The molecule has 0 amide bonds. The van der Waals surface area contributed by atoms with Gasteiger partial charge in [-0.1, -0.05) is 12.2 Å². The molecule has 0 aliphatic carbocycles. The molecule has 0 radical (unpaired) electrons. The van der Waals surface area contributed by atoms with Crippen molar-refractivity contribution in [3.63, 3.8) is 0 Å². The summed E-state index contributed by atoms with van der Waals surface area (Å²) >= 11 is 0. The Morgan fingerprint density at radius 1 is 1.42 bits per heavy atom. The number of nitrogens with zero attached hydrogens (tertiary/aromatic N) is 1. The minimum absolute atomic E-state index is 0.0245. The van der Waals surface area contributed by atoms with Crippen molar-refractivity contribution in [1.29, 1.82) is 5.26 Å². The van der Waals surface area contributed by atoms with Gasteiger partial charge in [0.15, 0.2) is 0 Å². The van der Waals surface area contributed by atoms with Crippen molar-refractivity contribution in [3.05, 3.63) is 47.0 Å². The van der Waals surface area contributed by atoms with Gasteiger partial charge in [0.05, 0.1) is 24.8 Å². The van der Waals surface area contributed by atoms with E-state index in [0.29, 0.717) is 19.8 Å². The summed E-state index contributed by atoms with van der Waals surface area (Å²) in [6, 6.07) is 3.75. The Morgan fingerprint density at radius 2 is 2.05 bits per heavy atom. The highest BCUT2D eigenvalue weighted by Gasteiger charge is 2.10. The monoisotopic (exact) mass is 266 g/mol. The fraction of sp³-hybridized carbons (Fsp3) is 0.357.